The normalized spacial score (nSPS) is 35.9. The van der Waals surface area contributed by atoms with Gasteiger partial charge in [0.2, 0.25) is 0 Å². The summed E-state index contributed by atoms with van der Waals surface area (Å²) in [4.78, 5) is 22.9. The molecule has 4 unspecified atom stereocenters. The number of alkyl carbamates (subject to hydrolysis) is 1. The van der Waals surface area contributed by atoms with Gasteiger partial charge in [-0.25, -0.2) is 4.79 Å². The van der Waals surface area contributed by atoms with Gasteiger partial charge >= 0.3 is 12.1 Å². The number of carbonyl (C=O) groups is 2. The number of amides is 1. The van der Waals surface area contributed by atoms with E-state index in [-0.39, 0.29) is 17.9 Å². The van der Waals surface area contributed by atoms with Gasteiger partial charge in [-0.15, -0.1) is 0 Å². The van der Waals surface area contributed by atoms with Crippen LogP contribution in [0.2, 0.25) is 0 Å². The molecule has 1 N–H and O–H groups in total. The molecule has 0 saturated heterocycles. The van der Waals surface area contributed by atoms with Crippen LogP contribution < -0.4 is 5.32 Å². The van der Waals surface area contributed by atoms with Crippen LogP contribution >= 0.6 is 0 Å². The Labute approximate surface area is 94.5 Å². The Morgan fingerprint density at radius 1 is 1.12 bits per heavy atom. The summed E-state index contributed by atoms with van der Waals surface area (Å²) in [6.45, 7) is 0. The third kappa shape index (κ3) is 1.74. The highest BCUT2D eigenvalue weighted by atomic mass is 16.5. The van der Waals surface area contributed by atoms with Crippen LogP contribution in [-0.4, -0.2) is 32.3 Å². The lowest BCUT2D eigenvalue weighted by atomic mass is 9.84. The highest BCUT2D eigenvalue weighted by Gasteiger charge is 2.52. The van der Waals surface area contributed by atoms with Crippen LogP contribution in [0, 0.1) is 17.8 Å². The van der Waals surface area contributed by atoms with Gasteiger partial charge in [-0.05, 0) is 31.1 Å². The summed E-state index contributed by atoms with van der Waals surface area (Å²) in [5.74, 6) is 0.351. The zero-order chi connectivity index (χ0) is 11.7. The molecule has 2 aliphatic rings. The van der Waals surface area contributed by atoms with Gasteiger partial charge in [0, 0.05) is 6.04 Å². The van der Waals surface area contributed by atoms with Crippen LogP contribution in [0.1, 0.15) is 19.3 Å². The van der Waals surface area contributed by atoms with Gasteiger partial charge in [-0.1, -0.05) is 0 Å². The van der Waals surface area contributed by atoms with Crippen molar-refractivity contribution < 1.29 is 19.1 Å². The molecule has 0 aromatic rings. The van der Waals surface area contributed by atoms with Crippen LogP contribution in [-0.2, 0) is 14.3 Å². The number of hydrogen-bond donors (Lipinski definition) is 1. The summed E-state index contributed by atoms with van der Waals surface area (Å²) in [7, 11) is 2.72. The lowest BCUT2D eigenvalue weighted by Gasteiger charge is -2.29. The van der Waals surface area contributed by atoms with Gasteiger partial charge in [-0.2, -0.15) is 0 Å². The highest BCUT2D eigenvalue weighted by Crippen LogP contribution is 2.48. The summed E-state index contributed by atoms with van der Waals surface area (Å²) in [6, 6.07) is -0.112. The smallest absolute Gasteiger partial charge is 0.407 e. The summed E-state index contributed by atoms with van der Waals surface area (Å²) in [6.07, 6.45) is 2.68. The number of esters is 1. The Balaban J connectivity index is 2.08. The molecule has 0 radical (unpaired) electrons. The molecule has 2 aliphatic carbocycles. The zero-order valence-corrected chi connectivity index (χ0v) is 9.56. The molecule has 0 spiro atoms. The maximum absolute atomic E-state index is 11.7. The van der Waals surface area contributed by atoms with E-state index in [2.05, 4.69) is 10.1 Å². The minimum absolute atomic E-state index is 0.112. The molecule has 90 valence electrons. The second-order valence-electron chi connectivity index (χ2n) is 4.54. The van der Waals surface area contributed by atoms with Crippen LogP contribution in [0.25, 0.3) is 0 Å². The van der Waals surface area contributed by atoms with E-state index < -0.39 is 6.09 Å². The lowest BCUT2D eigenvalue weighted by Crippen LogP contribution is -2.47. The van der Waals surface area contributed by atoms with E-state index in [0.717, 1.165) is 19.3 Å². The Bertz CT molecular complexity index is 304. The first-order valence-corrected chi connectivity index (χ1v) is 5.59. The average molecular weight is 227 g/mol. The number of methoxy groups -OCH3 is 2. The largest absolute Gasteiger partial charge is 0.469 e. The molecule has 2 saturated carbocycles. The molecule has 1 amide bonds. The third-order valence-electron chi connectivity index (χ3n) is 3.86. The van der Waals surface area contributed by atoms with Crippen LogP contribution in [0.5, 0.6) is 0 Å². The molecule has 0 heterocycles. The van der Waals surface area contributed by atoms with E-state index in [4.69, 9.17) is 4.74 Å². The topological polar surface area (TPSA) is 64.6 Å². The third-order valence-corrected chi connectivity index (χ3v) is 3.86. The second-order valence-corrected chi connectivity index (χ2v) is 4.54. The van der Waals surface area contributed by atoms with E-state index in [1.165, 1.54) is 14.2 Å². The standard InChI is InChI=1S/C11H17NO4/c1-15-10(13)8-6-3-4-7(5-6)9(8)12-11(14)16-2/h6-9H,3-5H2,1-2H3,(H,12,14). The predicted octanol–water partition coefficient (Wildman–Crippen LogP) is 0.930. The SMILES string of the molecule is COC(=O)NC1C2CCC(C2)C1C(=O)OC. The van der Waals surface area contributed by atoms with E-state index in [0.29, 0.717) is 11.8 Å². The molecule has 2 rings (SSSR count). The molecule has 4 atom stereocenters. The van der Waals surface area contributed by atoms with Crippen molar-refractivity contribution in [2.24, 2.45) is 17.8 Å². The van der Waals surface area contributed by atoms with Crippen LogP contribution in [0.4, 0.5) is 4.79 Å². The van der Waals surface area contributed by atoms with E-state index in [1.54, 1.807) is 0 Å². The molecule has 0 aromatic carbocycles. The Morgan fingerprint density at radius 3 is 2.44 bits per heavy atom. The maximum Gasteiger partial charge on any atom is 0.407 e. The fraction of sp³-hybridized carbons (Fsp3) is 0.818. The molecule has 16 heavy (non-hydrogen) atoms. The van der Waals surface area contributed by atoms with Crippen molar-refractivity contribution in [1.29, 1.82) is 0 Å². The van der Waals surface area contributed by atoms with Gasteiger partial charge in [0.1, 0.15) is 0 Å². The summed E-state index contributed by atoms with van der Waals surface area (Å²) < 4.78 is 9.38. The van der Waals surface area contributed by atoms with Gasteiger partial charge in [0.15, 0.2) is 0 Å². The van der Waals surface area contributed by atoms with E-state index in [1.807, 2.05) is 0 Å². The fourth-order valence-electron chi connectivity index (χ4n) is 3.17. The molecular formula is C11H17NO4. The Morgan fingerprint density at radius 2 is 1.81 bits per heavy atom. The Kier molecular flexibility index (Phi) is 3.03. The maximum atomic E-state index is 11.7. The molecular weight excluding hydrogens is 210 g/mol. The zero-order valence-electron chi connectivity index (χ0n) is 9.56. The number of nitrogens with one attached hydrogen (secondary N) is 1. The molecule has 5 heteroatoms. The number of fused-ring (bicyclic) bond motifs is 2. The number of rotatable bonds is 2. The molecule has 0 aliphatic heterocycles. The van der Waals surface area contributed by atoms with Crippen molar-refractivity contribution in [3.8, 4) is 0 Å². The van der Waals surface area contributed by atoms with Crippen molar-refractivity contribution in [1.82, 2.24) is 5.32 Å². The molecule has 2 fully saturated rings. The first kappa shape index (κ1) is 11.2. The van der Waals surface area contributed by atoms with Crippen molar-refractivity contribution in [3.63, 3.8) is 0 Å². The molecule has 2 bridgehead atoms. The van der Waals surface area contributed by atoms with Crippen molar-refractivity contribution in [3.05, 3.63) is 0 Å². The minimum Gasteiger partial charge on any atom is -0.469 e. The predicted molar refractivity (Wildman–Crippen MR) is 55.7 cm³/mol. The first-order chi connectivity index (χ1) is 7.67. The van der Waals surface area contributed by atoms with Gasteiger partial charge < -0.3 is 14.8 Å². The quantitative estimate of drug-likeness (QED) is 0.713. The summed E-state index contributed by atoms with van der Waals surface area (Å²) in [5, 5.41) is 2.76. The van der Waals surface area contributed by atoms with Crippen molar-refractivity contribution in [2.45, 2.75) is 25.3 Å². The van der Waals surface area contributed by atoms with Gasteiger partial charge in [0.25, 0.3) is 0 Å². The first-order valence-electron chi connectivity index (χ1n) is 5.59. The number of hydrogen-bond acceptors (Lipinski definition) is 4. The Hall–Kier alpha value is -1.26. The monoisotopic (exact) mass is 227 g/mol. The van der Waals surface area contributed by atoms with Crippen LogP contribution in [0.15, 0.2) is 0 Å². The molecule has 5 nitrogen and oxygen atoms in total. The van der Waals surface area contributed by atoms with E-state index >= 15 is 0 Å². The van der Waals surface area contributed by atoms with E-state index in [9.17, 15) is 9.59 Å². The number of carbonyl (C=O) groups excluding carboxylic acids is 2. The van der Waals surface area contributed by atoms with Crippen molar-refractivity contribution in [2.75, 3.05) is 14.2 Å². The fourth-order valence-corrected chi connectivity index (χ4v) is 3.17. The summed E-state index contributed by atoms with van der Waals surface area (Å²) in [5.41, 5.74) is 0. The summed E-state index contributed by atoms with van der Waals surface area (Å²) >= 11 is 0. The second kappa shape index (κ2) is 4.31. The van der Waals surface area contributed by atoms with Crippen molar-refractivity contribution >= 4 is 12.1 Å². The van der Waals surface area contributed by atoms with Gasteiger partial charge in [0.05, 0.1) is 20.1 Å². The average Bonchev–Trinajstić information content (AvgIpc) is 2.88. The van der Waals surface area contributed by atoms with Crippen LogP contribution in [0.3, 0.4) is 0 Å². The number of ether oxygens (including phenoxy) is 2. The lowest BCUT2D eigenvalue weighted by molar-refractivity contribution is -0.148. The minimum atomic E-state index is -0.466. The molecule has 0 aromatic heterocycles. The highest BCUT2D eigenvalue weighted by molar-refractivity contribution is 5.76. The van der Waals surface area contributed by atoms with Gasteiger partial charge in [-0.3, -0.25) is 4.79 Å².